The zero-order chi connectivity index (χ0) is 23.5. The summed E-state index contributed by atoms with van der Waals surface area (Å²) in [5.74, 6) is -1.79. The van der Waals surface area contributed by atoms with Crippen LogP contribution < -0.4 is 5.32 Å². The summed E-state index contributed by atoms with van der Waals surface area (Å²) in [6, 6.07) is 7.45. The molecule has 12 nitrogen and oxygen atoms in total. The van der Waals surface area contributed by atoms with Gasteiger partial charge in [0.2, 0.25) is 11.3 Å². The molecule has 0 bridgehead atoms. The van der Waals surface area contributed by atoms with Gasteiger partial charge in [0.1, 0.15) is 17.1 Å². The molecule has 2 amide bonds. The van der Waals surface area contributed by atoms with Gasteiger partial charge in [-0.2, -0.15) is 0 Å². The van der Waals surface area contributed by atoms with Crippen molar-refractivity contribution in [3.05, 3.63) is 47.2 Å². The van der Waals surface area contributed by atoms with Crippen LogP contribution in [0, 0.1) is 0 Å². The Hall–Kier alpha value is -3.39. The number of hydrogen-bond donors (Lipinski definition) is 2. The summed E-state index contributed by atoms with van der Waals surface area (Å²) in [7, 11) is 1.67. The second kappa shape index (κ2) is 9.62. The summed E-state index contributed by atoms with van der Waals surface area (Å²) in [6.07, 6.45) is -1.22. The third-order valence-corrected chi connectivity index (χ3v) is 7.47. The van der Waals surface area contributed by atoms with Crippen LogP contribution in [0.2, 0.25) is 0 Å². The molecule has 172 valence electrons. The number of aliphatic carboxylic acids is 1. The highest BCUT2D eigenvalue weighted by Gasteiger charge is 2.54. The van der Waals surface area contributed by atoms with E-state index < -0.39 is 35.3 Å². The molecule has 2 aromatic rings. The standard InChI is InChI=1S/C19H18N6O6S2/c1-24-19(21-22-23-24)33-8-11-7-32-17-12(16(28)25(17)13(11)18(29)30)20-15(27)14(31-9-26)10-5-3-2-4-6-10/h2-6,9,12,14,17H,7-8H2,1H3,(H,20,27)(H,29,30)/t12-,14+,17-/m0/s1. The van der Waals surface area contributed by atoms with E-state index in [1.165, 1.54) is 33.1 Å². The first kappa shape index (κ1) is 22.8. The lowest BCUT2D eigenvalue weighted by molar-refractivity contribution is -0.154. The van der Waals surface area contributed by atoms with Crippen molar-refractivity contribution in [2.24, 2.45) is 7.05 Å². The highest BCUT2D eigenvalue weighted by atomic mass is 32.2. The van der Waals surface area contributed by atoms with Crippen molar-refractivity contribution in [2.75, 3.05) is 11.5 Å². The van der Waals surface area contributed by atoms with Crippen LogP contribution in [0.5, 0.6) is 0 Å². The molecule has 33 heavy (non-hydrogen) atoms. The van der Waals surface area contributed by atoms with E-state index in [0.29, 0.717) is 27.8 Å². The first-order chi connectivity index (χ1) is 15.9. The molecule has 1 aromatic heterocycles. The summed E-state index contributed by atoms with van der Waals surface area (Å²) >= 11 is 2.61. The fraction of sp³-hybridized carbons (Fsp3) is 0.316. The van der Waals surface area contributed by atoms with E-state index in [0.717, 1.165) is 0 Å². The van der Waals surface area contributed by atoms with E-state index in [-0.39, 0.29) is 12.2 Å². The molecule has 0 unspecified atom stereocenters. The molecule has 3 atom stereocenters. The van der Waals surface area contributed by atoms with Crippen molar-refractivity contribution in [3.63, 3.8) is 0 Å². The number of carbonyl (C=O) groups is 4. The van der Waals surface area contributed by atoms with Gasteiger partial charge in [-0.05, 0) is 16.0 Å². The lowest BCUT2D eigenvalue weighted by atomic mass is 10.0. The summed E-state index contributed by atoms with van der Waals surface area (Å²) in [4.78, 5) is 49.7. The monoisotopic (exact) mass is 490 g/mol. The predicted molar refractivity (Wildman–Crippen MR) is 116 cm³/mol. The number of β-lactam (4-membered cyclic amide) rings is 1. The molecule has 2 aliphatic rings. The Morgan fingerprint density at radius 3 is 2.79 bits per heavy atom. The zero-order valence-corrected chi connectivity index (χ0v) is 18.8. The number of nitrogens with one attached hydrogen (secondary N) is 1. The van der Waals surface area contributed by atoms with Gasteiger partial charge in [-0.3, -0.25) is 19.3 Å². The molecule has 0 spiro atoms. The van der Waals surface area contributed by atoms with E-state index in [9.17, 15) is 24.3 Å². The number of carboxylic acid groups (broad SMARTS) is 1. The second-order valence-electron chi connectivity index (χ2n) is 7.05. The third kappa shape index (κ3) is 4.43. The number of aryl methyl sites for hydroxylation is 1. The fourth-order valence-corrected chi connectivity index (χ4v) is 5.83. The van der Waals surface area contributed by atoms with Gasteiger partial charge in [0.05, 0.1) is 0 Å². The van der Waals surface area contributed by atoms with Gasteiger partial charge < -0.3 is 15.2 Å². The molecule has 1 saturated heterocycles. The Morgan fingerprint density at radius 1 is 1.39 bits per heavy atom. The quantitative estimate of drug-likeness (QED) is 0.276. The molecule has 1 aromatic carbocycles. The minimum Gasteiger partial charge on any atom is -0.477 e. The summed E-state index contributed by atoms with van der Waals surface area (Å²) < 4.78 is 6.40. The van der Waals surface area contributed by atoms with Gasteiger partial charge in [-0.25, -0.2) is 9.48 Å². The van der Waals surface area contributed by atoms with Crippen molar-refractivity contribution in [1.82, 2.24) is 30.4 Å². The molecule has 2 aliphatic heterocycles. The normalized spacial score (nSPS) is 20.5. The van der Waals surface area contributed by atoms with Crippen LogP contribution >= 0.6 is 23.5 Å². The van der Waals surface area contributed by atoms with E-state index in [1.54, 1.807) is 37.4 Å². The third-order valence-electron chi connectivity index (χ3n) is 5.04. The summed E-state index contributed by atoms with van der Waals surface area (Å²) in [5.41, 5.74) is 0.910. The Kier molecular flexibility index (Phi) is 6.65. The van der Waals surface area contributed by atoms with E-state index >= 15 is 0 Å². The van der Waals surface area contributed by atoms with Crippen molar-refractivity contribution in [1.29, 1.82) is 0 Å². The molecule has 2 N–H and O–H groups in total. The second-order valence-corrected chi connectivity index (χ2v) is 9.10. The lowest BCUT2D eigenvalue weighted by Gasteiger charge is -2.49. The smallest absolute Gasteiger partial charge is 0.352 e. The topological polar surface area (TPSA) is 157 Å². The molecule has 3 heterocycles. The average molecular weight is 491 g/mol. The van der Waals surface area contributed by atoms with E-state index in [1.807, 2.05) is 0 Å². The van der Waals surface area contributed by atoms with E-state index in [4.69, 9.17) is 4.74 Å². The van der Waals surface area contributed by atoms with Gasteiger partial charge in [0.25, 0.3) is 18.3 Å². The maximum Gasteiger partial charge on any atom is 0.352 e. The Labute approximate surface area is 195 Å². The minimum atomic E-state index is -1.23. The van der Waals surface area contributed by atoms with Gasteiger partial charge in [0.15, 0.2) is 0 Å². The summed E-state index contributed by atoms with van der Waals surface area (Å²) in [6.45, 7) is 0.170. The number of thioether (sulfide) groups is 2. The first-order valence-corrected chi connectivity index (χ1v) is 11.7. The number of benzene rings is 1. The fourth-order valence-electron chi connectivity index (χ4n) is 3.49. The number of rotatable bonds is 9. The van der Waals surface area contributed by atoms with Crippen molar-refractivity contribution in [3.8, 4) is 0 Å². The van der Waals surface area contributed by atoms with Crippen LogP contribution in [0.3, 0.4) is 0 Å². The number of amides is 2. The van der Waals surface area contributed by atoms with Crippen molar-refractivity contribution >= 4 is 47.8 Å². The van der Waals surface area contributed by atoms with Gasteiger partial charge in [-0.1, -0.05) is 42.1 Å². The number of hydrogen-bond acceptors (Lipinski definition) is 10. The van der Waals surface area contributed by atoms with E-state index in [2.05, 4.69) is 20.8 Å². The van der Waals surface area contributed by atoms with Crippen LogP contribution in [0.25, 0.3) is 0 Å². The van der Waals surface area contributed by atoms with Gasteiger partial charge in [-0.15, -0.1) is 16.9 Å². The number of tetrazole rings is 1. The molecular weight excluding hydrogens is 472 g/mol. The number of carboxylic acids is 1. The largest absolute Gasteiger partial charge is 0.477 e. The van der Waals surface area contributed by atoms with Crippen LogP contribution in [-0.2, 0) is 31.0 Å². The lowest BCUT2D eigenvalue weighted by Crippen LogP contribution is -2.71. The maximum absolute atomic E-state index is 12.8. The number of nitrogens with zero attached hydrogens (tertiary/aromatic N) is 5. The highest BCUT2D eigenvalue weighted by Crippen LogP contribution is 2.41. The Morgan fingerprint density at radius 2 is 2.15 bits per heavy atom. The average Bonchev–Trinajstić information content (AvgIpc) is 3.23. The number of carbonyl (C=O) groups excluding carboxylic acids is 3. The van der Waals surface area contributed by atoms with Gasteiger partial charge in [0, 0.05) is 24.1 Å². The molecule has 0 aliphatic carbocycles. The number of aromatic nitrogens is 4. The molecule has 14 heteroatoms. The maximum atomic E-state index is 12.8. The van der Waals surface area contributed by atoms with Crippen LogP contribution in [0.4, 0.5) is 0 Å². The van der Waals surface area contributed by atoms with Crippen LogP contribution in [0.15, 0.2) is 46.8 Å². The first-order valence-electron chi connectivity index (χ1n) is 9.62. The Bertz CT molecular complexity index is 1120. The molecule has 4 rings (SSSR count). The number of ether oxygens (including phenoxy) is 1. The van der Waals surface area contributed by atoms with Gasteiger partial charge >= 0.3 is 5.97 Å². The van der Waals surface area contributed by atoms with Crippen molar-refractivity contribution < 1.29 is 29.0 Å². The molecule has 1 fully saturated rings. The molecular formula is C19H18N6O6S2. The number of fused-ring (bicyclic) bond motifs is 1. The Balaban J connectivity index is 1.48. The minimum absolute atomic E-state index is 0.0966. The van der Waals surface area contributed by atoms with Crippen molar-refractivity contribution in [2.45, 2.75) is 22.7 Å². The molecule has 0 radical (unpaired) electrons. The SMILES string of the molecule is Cn1nnnc1SCC1=C(C(=O)O)N2C(=O)[C@H](NC(=O)[C@H](OC=O)c3ccccc3)[C@@H]2SC1. The van der Waals surface area contributed by atoms with Crippen LogP contribution in [-0.4, -0.2) is 77.4 Å². The highest BCUT2D eigenvalue weighted by molar-refractivity contribution is 8.01. The zero-order valence-electron chi connectivity index (χ0n) is 17.2. The molecule has 0 saturated carbocycles. The summed E-state index contributed by atoms with van der Waals surface area (Å²) in [5, 5.41) is 23.4. The van der Waals surface area contributed by atoms with Crippen LogP contribution in [0.1, 0.15) is 11.7 Å². The predicted octanol–water partition coefficient (Wildman–Crippen LogP) is -0.0449.